The van der Waals surface area contributed by atoms with Gasteiger partial charge in [-0.15, -0.1) is 0 Å². The highest BCUT2D eigenvalue weighted by Gasteiger charge is 2.30. The van der Waals surface area contributed by atoms with Gasteiger partial charge in [0, 0.05) is 40.7 Å². The molecule has 2 aromatic rings. The Morgan fingerprint density at radius 2 is 1.83 bits per heavy atom. The molecule has 3 rings (SSSR count). The molecule has 0 atom stereocenters. The second-order valence-electron chi connectivity index (χ2n) is 6.28. The van der Waals surface area contributed by atoms with Crippen LogP contribution in [0.2, 0.25) is 0 Å². The van der Waals surface area contributed by atoms with E-state index in [9.17, 15) is 4.79 Å². The smallest absolute Gasteiger partial charge is 0.259 e. The fraction of sp³-hybridized carbons (Fsp3) is 0.400. The number of rotatable bonds is 7. The zero-order chi connectivity index (χ0) is 17.1. The first-order valence-corrected chi connectivity index (χ1v) is 9.25. The van der Waals surface area contributed by atoms with Gasteiger partial charge in [-0.1, -0.05) is 51.0 Å². The largest absolute Gasteiger partial charge is 0.385 e. The maximum Gasteiger partial charge on any atom is 0.259 e. The zero-order valence-corrected chi connectivity index (χ0v) is 15.2. The lowest BCUT2D eigenvalue weighted by atomic mass is 9.93. The number of unbranched alkanes of at least 4 members (excludes halogenated alkanes) is 2. The van der Waals surface area contributed by atoms with Gasteiger partial charge in [-0.3, -0.25) is 9.69 Å². The second-order valence-corrected chi connectivity index (χ2v) is 6.67. The van der Waals surface area contributed by atoms with Crippen molar-refractivity contribution >= 4 is 39.6 Å². The number of thiocarbonyl (C=S) groups is 1. The van der Waals surface area contributed by atoms with Gasteiger partial charge in [-0.05, 0) is 31.0 Å². The fourth-order valence-corrected chi connectivity index (χ4v) is 3.56. The number of nitrogens with zero attached hydrogens (tertiary/aromatic N) is 1. The normalized spacial score (nSPS) is 13.7. The Balaban J connectivity index is 2.06. The quantitative estimate of drug-likeness (QED) is 0.570. The van der Waals surface area contributed by atoms with Crippen LogP contribution in [0.25, 0.3) is 10.8 Å². The molecule has 1 amide bonds. The number of anilines is 1. The van der Waals surface area contributed by atoms with Crippen LogP contribution in [0.15, 0.2) is 30.3 Å². The molecule has 0 saturated carbocycles. The van der Waals surface area contributed by atoms with Crippen molar-refractivity contribution in [2.24, 2.45) is 0 Å². The number of hydrogen-bond acceptors (Lipinski definition) is 3. The minimum Gasteiger partial charge on any atom is -0.385 e. The molecule has 0 radical (unpaired) electrons. The molecule has 126 valence electrons. The van der Waals surface area contributed by atoms with Gasteiger partial charge in [0.25, 0.3) is 5.91 Å². The number of hydrogen-bond donors (Lipinski definition) is 1. The summed E-state index contributed by atoms with van der Waals surface area (Å²) >= 11 is 5.64. The van der Waals surface area contributed by atoms with E-state index in [1.165, 1.54) is 0 Å². The van der Waals surface area contributed by atoms with Crippen molar-refractivity contribution in [3.63, 3.8) is 0 Å². The summed E-state index contributed by atoms with van der Waals surface area (Å²) in [7, 11) is 0. The van der Waals surface area contributed by atoms with E-state index in [4.69, 9.17) is 12.2 Å². The molecule has 0 bridgehead atoms. The molecule has 3 nitrogen and oxygen atoms in total. The Bertz CT molecular complexity index is 762. The molecule has 1 N–H and O–H groups in total. The van der Waals surface area contributed by atoms with Crippen molar-refractivity contribution in [3.05, 3.63) is 41.5 Å². The van der Waals surface area contributed by atoms with Gasteiger partial charge in [-0.2, -0.15) is 0 Å². The molecule has 24 heavy (non-hydrogen) atoms. The standard InChI is InChI=1S/C20H24N2OS/c1-3-5-12-21-17-11-10-16-18-14(17)8-7-9-15(18)19(23)22(20(16)24)13-6-4-2/h7-11,21H,3-6,12-13H2,1-2H3. The SMILES string of the molecule is CCCCNc1ccc2c3c(cccc13)C(=O)N(CCCC)C2=S. The molecule has 0 aromatic heterocycles. The van der Waals surface area contributed by atoms with Crippen LogP contribution in [0.1, 0.15) is 55.5 Å². The van der Waals surface area contributed by atoms with E-state index in [0.717, 1.165) is 59.8 Å². The number of amides is 1. The summed E-state index contributed by atoms with van der Waals surface area (Å²) in [6.07, 6.45) is 4.30. The van der Waals surface area contributed by atoms with Gasteiger partial charge in [0.05, 0.1) is 0 Å². The second kappa shape index (κ2) is 7.31. The van der Waals surface area contributed by atoms with E-state index in [1.807, 2.05) is 12.1 Å². The molecule has 2 aromatic carbocycles. The summed E-state index contributed by atoms with van der Waals surface area (Å²) in [4.78, 5) is 15.3. The Kier molecular flexibility index (Phi) is 5.14. The van der Waals surface area contributed by atoms with Crippen molar-refractivity contribution in [1.82, 2.24) is 4.90 Å². The first kappa shape index (κ1) is 16.9. The minimum absolute atomic E-state index is 0.0391. The molecule has 0 spiro atoms. The van der Waals surface area contributed by atoms with Crippen molar-refractivity contribution in [2.75, 3.05) is 18.4 Å². The third-order valence-corrected chi connectivity index (χ3v) is 5.01. The number of carbonyl (C=O) groups is 1. The molecule has 0 unspecified atom stereocenters. The van der Waals surface area contributed by atoms with Crippen molar-refractivity contribution in [3.8, 4) is 0 Å². The number of carbonyl (C=O) groups excluding carboxylic acids is 1. The van der Waals surface area contributed by atoms with E-state index in [-0.39, 0.29) is 5.91 Å². The van der Waals surface area contributed by atoms with E-state index < -0.39 is 0 Å². The van der Waals surface area contributed by atoms with Crippen LogP contribution >= 0.6 is 12.2 Å². The van der Waals surface area contributed by atoms with Crippen LogP contribution in [0.3, 0.4) is 0 Å². The summed E-state index contributed by atoms with van der Waals surface area (Å²) in [6, 6.07) is 10.1. The highest BCUT2D eigenvalue weighted by atomic mass is 32.1. The third kappa shape index (κ3) is 2.91. The third-order valence-electron chi connectivity index (χ3n) is 4.57. The van der Waals surface area contributed by atoms with Crippen molar-refractivity contribution in [1.29, 1.82) is 0 Å². The predicted octanol–water partition coefficient (Wildman–Crippen LogP) is 4.98. The lowest BCUT2D eigenvalue weighted by Crippen LogP contribution is -2.40. The minimum atomic E-state index is 0.0391. The predicted molar refractivity (Wildman–Crippen MR) is 105 cm³/mol. The zero-order valence-electron chi connectivity index (χ0n) is 14.4. The van der Waals surface area contributed by atoms with Crippen LogP contribution in [0.5, 0.6) is 0 Å². The van der Waals surface area contributed by atoms with E-state index in [0.29, 0.717) is 11.5 Å². The summed E-state index contributed by atoms with van der Waals surface area (Å²) in [5.41, 5.74) is 2.86. The first-order valence-electron chi connectivity index (χ1n) is 8.84. The molecular formula is C20H24N2OS. The van der Waals surface area contributed by atoms with Crippen LogP contribution in [-0.4, -0.2) is 28.9 Å². The summed E-state index contributed by atoms with van der Waals surface area (Å²) in [5, 5.41) is 5.59. The lowest BCUT2D eigenvalue weighted by molar-refractivity contribution is 0.0848. The van der Waals surface area contributed by atoms with Gasteiger partial charge in [0.15, 0.2) is 0 Å². The molecule has 0 fully saturated rings. The summed E-state index contributed by atoms with van der Waals surface area (Å²) in [5.74, 6) is 0.0391. The Morgan fingerprint density at radius 3 is 2.58 bits per heavy atom. The maximum absolute atomic E-state index is 12.9. The molecule has 1 aliphatic heterocycles. The number of benzene rings is 2. The van der Waals surface area contributed by atoms with Crippen LogP contribution in [0.4, 0.5) is 5.69 Å². The highest BCUT2D eigenvalue weighted by Crippen LogP contribution is 2.34. The van der Waals surface area contributed by atoms with Crippen LogP contribution in [-0.2, 0) is 0 Å². The van der Waals surface area contributed by atoms with Crippen LogP contribution in [0, 0.1) is 0 Å². The van der Waals surface area contributed by atoms with Crippen LogP contribution < -0.4 is 5.32 Å². The number of nitrogens with one attached hydrogen (secondary N) is 1. The van der Waals surface area contributed by atoms with Gasteiger partial charge >= 0.3 is 0 Å². The molecular weight excluding hydrogens is 316 g/mol. The van der Waals surface area contributed by atoms with Crippen molar-refractivity contribution in [2.45, 2.75) is 39.5 Å². The molecule has 1 aliphatic rings. The summed E-state index contributed by atoms with van der Waals surface area (Å²) in [6.45, 7) is 5.94. The van der Waals surface area contributed by atoms with Gasteiger partial charge in [0.2, 0.25) is 0 Å². The Hall–Kier alpha value is -1.94. The summed E-state index contributed by atoms with van der Waals surface area (Å²) < 4.78 is 0. The van der Waals surface area contributed by atoms with Gasteiger partial charge < -0.3 is 5.32 Å². The van der Waals surface area contributed by atoms with E-state index in [2.05, 4.69) is 37.4 Å². The van der Waals surface area contributed by atoms with Gasteiger partial charge in [-0.25, -0.2) is 0 Å². The average molecular weight is 340 g/mol. The topological polar surface area (TPSA) is 32.3 Å². The van der Waals surface area contributed by atoms with Gasteiger partial charge in [0.1, 0.15) is 4.99 Å². The molecule has 4 heteroatoms. The molecule has 1 heterocycles. The van der Waals surface area contributed by atoms with E-state index >= 15 is 0 Å². The lowest BCUT2D eigenvalue weighted by Gasteiger charge is -2.30. The van der Waals surface area contributed by atoms with E-state index in [1.54, 1.807) is 4.90 Å². The van der Waals surface area contributed by atoms with Crippen molar-refractivity contribution < 1.29 is 4.79 Å². The average Bonchev–Trinajstić information content (AvgIpc) is 2.60. The fourth-order valence-electron chi connectivity index (χ4n) is 3.22. The Labute approximate surface area is 149 Å². The maximum atomic E-state index is 12.9. The monoisotopic (exact) mass is 340 g/mol. The highest BCUT2D eigenvalue weighted by molar-refractivity contribution is 7.80. The Morgan fingerprint density at radius 1 is 1.04 bits per heavy atom. The molecule has 0 aliphatic carbocycles. The molecule has 0 saturated heterocycles. The first-order chi connectivity index (χ1) is 11.7.